The van der Waals surface area contributed by atoms with Gasteiger partial charge in [-0.25, -0.2) is 13.1 Å². The molecular weight excluding hydrogens is 288 g/mol. The van der Waals surface area contributed by atoms with Crippen molar-refractivity contribution in [3.05, 3.63) is 42.1 Å². The second kappa shape index (κ2) is 5.22. The second-order valence-electron chi connectivity index (χ2n) is 5.54. The SMILES string of the molecule is CC(C)(C)n1nccc1NS(=O)(=O)c1cccc(C#N)c1. The molecule has 0 amide bonds. The van der Waals surface area contributed by atoms with E-state index in [1.54, 1.807) is 16.8 Å². The number of anilines is 1. The zero-order valence-corrected chi connectivity index (χ0v) is 12.8. The van der Waals surface area contributed by atoms with Crippen LogP contribution < -0.4 is 4.72 Å². The van der Waals surface area contributed by atoms with Crippen molar-refractivity contribution in [3.63, 3.8) is 0 Å². The fourth-order valence-electron chi connectivity index (χ4n) is 1.84. The Morgan fingerprint density at radius 2 is 2.00 bits per heavy atom. The molecule has 2 aromatic rings. The largest absolute Gasteiger partial charge is 0.264 e. The van der Waals surface area contributed by atoms with Crippen molar-refractivity contribution in [1.29, 1.82) is 5.26 Å². The predicted molar refractivity (Wildman–Crippen MR) is 79.2 cm³/mol. The van der Waals surface area contributed by atoms with Gasteiger partial charge in [0.15, 0.2) is 0 Å². The van der Waals surface area contributed by atoms with E-state index in [2.05, 4.69) is 9.82 Å². The van der Waals surface area contributed by atoms with Gasteiger partial charge < -0.3 is 0 Å². The maximum Gasteiger partial charge on any atom is 0.263 e. The monoisotopic (exact) mass is 304 g/mol. The van der Waals surface area contributed by atoms with Crippen LogP contribution in [0.3, 0.4) is 0 Å². The van der Waals surface area contributed by atoms with E-state index in [4.69, 9.17) is 5.26 Å². The summed E-state index contributed by atoms with van der Waals surface area (Å²) in [5, 5.41) is 13.0. The first-order valence-electron chi connectivity index (χ1n) is 6.31. The normalized spacial score (nSPS) is 11.9. The summed E-state index contributed by atoms with van der Waals surface area (Å²) in [6.07, 6.45) is 1.54. The van der Waals surface area contributed by atoms with Crippen molar-refractivity contribution in [2.45, 2.75) is 31.2 Å². The van der Waals surface area contributed by atoms with Gasteiger partial charge in [0.05, 0.1) is 28.3 Å². The predicted octanol–water partition coefficient (Wildman–Crippen LogP) is 2.31. The van der Waals surface area contributed by atoms with Crippen LogP contribution in [0.5, 0.6) is 0 Å². The molecule has 0 aliphatic carbocycles. The first kappa shape index (κ1) is 15.1. The number of benzene rings is 1. The lowest BCUT2D eigenvalue weighted by Gasteiger charge is -2.22. The molecule has 0 atom stereocenters. The molecule has 1 aromatic carbocycles. The smallest absolute Gasteiger partial charge is 0.263 e. The minimum absolute atomic E-state index is 0.0446. The quantitative estimate of drug-likeness (QED) is 0.942. The summed E-state index contributed by atoms with van der Waals surface area (Å²) in [6, 6.07) is 9.39. The van der Waals surface area contributed by atoms with Gasteiger partial charge in [-0.3, -0.25) is 4.72 Å². The zero-order chi connectivity index (χ0) is 15.7. The molecule has 0 spiro atoms. The Morgan fingerprint density at radius 3 is 2.62 bits per heavy atom. The molecule has 0 saturated carbocycles. The van der Waals surface area contributed by atoms with Gasteiger partial charge in [-0.15, -0.1) is 0 Å². The molecule has 0 unspecified atom stereocenters. The van der Waals surface area contributed by atoms with Crippen LogP contribution >= 0.6 is 0 Å². The van der Waals surface area contributed by atoms with Gasteiger partial charge in [-0.05, 0) is 39.0 Å². The summed E-state index contributed by atoms with van der Waals surface area (Å²) in [5.41, 5.74) is -0.0576. The molecular formula is C14H16N4O2S. The summed E-state index contributed by atoms with van der Waals surface area (Å²) in [5.74, 6) is 0.380. The van der Waals surface area contributed by atoms with Crippen LogP contribution in [0.4, 0.5) is 5.82 Å². The minimum Gasteiger partial charge on any atom is -0.264 e. The lowest BCUT2D eigenvalue weighted by atomic mass is 10.1. The lowest BCUT2D eigenvalue weighted by Crippen LogP contribution is -2.26. The highest BCUT2D eigenvalue weighted by atomic mass is 32.2. The van der Waals surface area contributed by atoms with Crippen LogP contribution in [0.25, 0.3) is 0 Å². The van der Waals surface area contributed by atoms with E-state index in [9.17, 15) is 8.42 Å². The number of sulfonamides is 1. The van der Waals surface area contributed by atoms with Gasteiger partial charge in [0.25, 0.3) is 10.0 Å². The number of nitrogens with zero attached hydrogens (tertiary/aromatic N) is 3. The van der Waals surface area contributed by atoms with Crippen LogP contribution in [0, 0.1) is 11.3 Å². The Bertz CT molecular complexity index is 795. The maximum atomic E-state index is 12.4. The Hall–Kier alpha value is -2.33. The number of nitrogens with one attached hydrogen (secondary N) is 1. The van der Waals surface area contributed by atoms with Crippen molar-refractivity contribution in [3.8, 4) is 6.07 Å². The number of nitriles is 1. The van der Waals surface area contributed by atoms with Gasteiger partial charge in [0.1, 0.15) is 5.82 Å². The van der Waals surface area contributed by atoms with Crippen molar-refractivity contribution in [1.82, 2.24) is 9.78 Å². The van der Waals surface area contributed by atoms with E-state index >= 15 is 0 Å². The fraction of sp³-hybridized carbons (Fsp3) is 0.286. The van der Waals surface area contributed by atoms with E-state index < -0.39 is 10.0 Å². The van der Waals surface area contributed by atoms with Crippen molar-refractivity contribution in [2.24, 2.45) is 0 Å². The molecule has 1 N–H and O–H groups in total. The maximum absolute atomic E-state index is 12.4. The molecule has 0 aliphatic rings. The standard InChI is InChI=1S/C14H16N4O2S/c1-14(2,3)18-13(7-8-16-18)17-21(19,20)12-6-4-5-11(9-12)10-15/h4-9,17H,1-3H3. The zero-order valence-electron chi connectivity index (χ0n) is 12.0. The van der Waals surface area contributed by atoms with Gasteiger partial charge in [0, 0.05) is 6.07 Å². The lowest BCUT2D eigenvalue weighted by molar-refractivity contribution is 0.361. The molecule has 1 aromatic heterocycles. The average Bonchev–Trinajstić information content (AvgIpc) is 2.86. The van der Waals surface area contributed by atoms with Gasteiger partial charge >= 0.3 is 0 Å². The second-order valence-corrected chi connectivity index (χ2v) is 7.23. The Balaban J connectivity index is 2.39. The van der Waals surface area contributed by atoms with Crippen molar-refractivity contribution < 1.29 is 8.42 Å². The van der Waals surface area contributed by atoms with Gasteiger partial charge in [-0.2, -0.15) is 10.4 Å². The third-order valence-corrected chi connectivity index (χ3v) is 4.14. The van der Waals surface area contributed by atoms with E-state index in [1.165, 1.54) is 24.4 Å². The van der Waals surface area contributed by atoms with Crippen LogP contribution in [0.1, 0.15) is 26.3 Å². The number of rotatable bonds is 3. The minimum atomic E-state index is -3.76. The number of aromatic nitrogens is 2. The molecule has 110 valence electrons. The van der Waals surface area contributed by atoms with E-state index in [-0.39, 0.29) is 10.4 Å². The molecule has 0 fully saturated rings. The highest BCUT2D eigenvalue weighted by Crippen LogP contribution is 2.22. The Kier molecular flexibility index (Phi) is 3.75. The molecule has 0 saturated heterocycles. The van der Waals surface area contributed by atoms with Crippen LogP contribution in [-0.2, 0) is 15.6 Å². The van der Waals surface area contributed by atoms with Crippen LogP contribution in [0.2, 0.25) is 0 Å². The third-order valence-electron chi connectivity index (χ3n) is 2.79. The molecule has 1 heterocycles. The van der Waals surface area contributed by atoms with E-state index in [0.717, 1.165) is 0 Å². The summed E-state index contributed by atoms with van der Waals surface area (Å²) >= 11 is 0. The van der Waals surface area contributed by atoms with Crippen molar-refractivity contribution in [2.75, 3.05) is 4.72 Å². The highest BCUT2D eigenvalue weighted by Gasteiger charge is 2.22. The molecule has 6 nitrogen and oxygen atoms in total. The summed E-state index contributed by atoms with van der Waals surface area (Å²) in [4.78, 5) is 0.0446. The Morgan fingerprint density at radius 1 is 1.29 bits per heavy atom. The first-order chi connectivity index (χ1) is 9.74. The molecule has 0 aliphatic heterocycles. The molecule has 0 radical (unpaired) electrons. The number of hydrogen-bond acceptors (Lipinski definition) is 4. The Labute approximate surface area is 124 Å². The highest BCUT2D eigenvalue weighted by molar-refractivity contribution is 7.92. The molecule has 0 bridgehead atoms. The topological polar surface area (TPSA) is 87.8 Å². The molecule has 7 heteroatoms. The van der Waals surface area contributed by atoms with E-state index in [1.807, 2.05) is 26.8 Å². The van der Waals surface area contributed by atoms with Crippen molar-refractivity contribution >= 4 is 15.8 Å². The van der Waals surface area contributed by atoms with Crippen LogP contribution in [-0.4, -0.2) is 18.2 Å². The fourth-order valence-corrected chi connectivity index (χ4v) is 2.93. The van der Waals surface area contributed by atoms with Crippen LogP contribution in [0.15, 0.2) is 41.4 Å². The summed E-state index contributed by atoms with van der Waals surface area (Å²) < 4.78 is 28.9. The van der Waals surface area contributed by atoms with Gasteiger partial charge in [0.2, 0.25) is 0 Å². The average molecular weight is 304 g/mol. The molecule has 2 rings (SSSR count). The summed E-state index contributed by atoms with van der Waals surface area (Å²) in [7, 11) is -3.76. The first-order valence-corrected chi connectivity index (χ1v) is 7.80. The summed E-state index contributed by atoms with van der Waals surface area (Å²) in [6.45, 7) is 5.77. The van der Waals surface area contributed by atoms with E-state index in [0.29, 0.717) is 11.4 Å². The number of hydrogen-bond donors (Lipinski definition) is 1. The molecule has 21 heavy (non-hydrogen) atoms. The third kappa shape index (κ3) is 3.23. The van der Waals surface area contributed by atoms with Gasteiger partial charge in [-0.1, -0.05) is 6.07 Å².